The molecule has 0 aromatic heterocycles. The maximum atomic E-state index is 11.0. The van der Waals surface area contributed by atoms with E-state index in [-0.39, 0.29) is 6.42 Å². The van der Waals surface area contributed by atoms with Crippen LogP contribution < -0.4 is 5.32 Å². The molecule has 2 N–H and O–H groups in total. The zero-order valence-electron chi connectivity index (χ0n) is 7.27. The van der Waals surface area contributed by atoms with E-state index in [1.807, 2.05) is 0 Å². The summed E-state index contributed by atoms with van der Waals surface area (Å²) in [6.45, 7) is 0. The highest BCUT2D eigenvalue weighted by Gasteiger charge is 2.21. The van der Waals surface area contributed by atoms with E-state index in [0.29, 0.717) is 24.9 Å². The molecule has 0 heterocycles. The fraction of sp³-hybridized carbons (Fsp3) is 0.600. The van der Waals surface area contributed by atoms with E-state index in [2.05, 4.69) is 8.95 Å². The lowest BCUT2D eigenvalue weighted by molar-refractivity contribution is -0.138. The molecular formula is C5H9NO4S2. The summed E-state index contributed by atoms with van der Waals surface area (Å²) >= 11 is 0.990. The fourth-order valence-electron chi connectivity index (χ4n) is 0.537. The zero-order valence-corrected chi connectivity index (χ0v) is 7.91. The number of carboxylic acid groups (broad SMARTS) is 1. The minimum atomic E-state index is -1.08. The van der Waals surface area contributed by atoms with E-state index in [9.17, 15) is 9.59 Å². The molecule has 0 radical (unpaired) electrons. The molecule has 0 fully saturated rings. The molecule has 1 amide bonds. The Labute approximate surface area is 80.8 Å². The fourth-order valence-corrected chi connectivity index (χ4v) is 1.33. The first-order chi connectivity index (χ1) is 6.11. The summed E-state index contributed by atoms with van der Waals surface area (Å²) in [5.74, 6) is -1.51. The van der Waals surface area contributed by atoms with Gasteiger partial charge >= 0.3 is 5.97 Å². The monoisotopic (exact) mass is 213 g/mol. The van der Waals surface area contributed by atoms with Gasteiger partial charge in [0.05, 0.1) is 6.42 Å². The Kier molecular flexibility index (Phi) is 4.97. The standard InChI is InChI=1S/C5H9NO4S2/c1-6-5(9)3(12-10-11)2-4(7)8/h3,11H,2H2,1H3,(H,6,9)(H,7,8)/i/hT. The molecule has 0 aliphatic rings. The molecule has 70 valence electrons. The van der Waals surface area contributed by atoms with Crippen molar-refractivity contribution < 1.29 is 18.3 Å². The molecule has 0 aromatic rings. The topological polar surface area (TPSA) is 75.6 Å². The Hall–Kier alpha value is -0.400. The molecule has 0 aliphatic heterocycles. The molecule has 7 heteroatoms. The zero-order chi connectivity index (χ0) is 10.3. The molecule has 5 nitrogen and oxygen atoms in total. The third-order valence-electron chi connectivity index (χ3n) is 1.05. The van der Waals surface area contributed by atoms with Gasteiger partial charge in [0.1, 0.15) is 6.37 Å². The van der Waals surface area contributed by atoms with Gasteiger partial charge in [0.2, 0.25) is 5.91 Å². The van der Waals surface area contributed by atoms with Gasteiger partial charge in [-0.15, -0.1) is 0 Å². The van der Waals surface area contributed by atoms with Crippen molar-refractivity contribution >= 4 is 36.7 Å². The van der Waals surface area contributed by atoms with E-state index < -0.39 is 17.1 Å². The molecule has 12 heavy (non-hydrogen) atoms. The van der Waals surface area contributed by atoms with Gasteiger partial charge in [-0.25, -0.2) is 3.63 Å². The van der Waals surface area contributed by atoms with Gasteiger partial charge in [0.15, 0.2) is 0 Å². The van der Waals surface area contributed by atoms with Crippen LogP contribution in [0.3, 0.4) is 0 Å². The number of carbonyl (C=O) groups is 2. The summed E-state index contributed by atoms with van der Waals surface area (Å²) in [5.41, 5.74) is 0. The van der Waals surface area contributed by atoms with Crippen LogP contribution in [0.15, 0.2) is 0 Å². The van der Waals surface area contributed by atoms with Gasteiger partial charge in [-0.3, -0.25) is 9.59 Å². The molecule has 1 atom stereocenters. The summed E-state index contributed by atoms with van der Waals surface area (Å²) in [5, 5.41) is 9.91. The lowest BCUT2D eigenvalue weighted by Crippen LogP contribution is -2.31. The lowest BCUT2D eigenvalue weighted by atomic mass is 10.3. The molecule has 0 saturated carbocycles. The third kappa shape index (κ3) is 4.47. The van der Waals surface area contributed by atoms with Gasteiger partial charge in [0.25, 0.3) is 0 Å². The number of aliphatic carboxylic acids is 1. The number of amides is 1. The highest BCUT2D eigenvalue weighted by molar-refractivity contribution is 8.02. The summed E-state index contributed by atoms with van der Waals surface area (Å²) in [7, 11) is 1.41. The Balaban J connectivity index is 4.02. The number of rotatable bonds is 6. The predicted molar refractivity (Wildman–Crippen MR) is 47.8 cm³/mol. The van der Waals surface area contributed by atoms with E-state index in [0.717, 1.165) is 0 Å². The van der Waals surface area contributed by atoms with Gasteiger partial charge < -0.3 is 10.4 Å². The average Bonchev–Trinajstić information content (AvgIpc) is 2.10. The van der Waals surface area contributed by atoms with Crippen LogP contribution in [0.1, 0.15) is 6.42 Å². The van der Waals surface area contributed by atoms with Gasteiger partial charge in [-0.2, -0.15) is 0 Å². The van der Waals surface area contributed by atoms with E-state index in [1.54, 1.807) is 0 Å². The quantitative estimate of drug-likeness (QED) is 0.430. The molecule has 0 aliphatic carbocycles. The Morgan fingerprint density at radius 1 is 1.92 bits per heavy atom. The van der Waals surface area contributed by atoms with Crippen LogP contribution in [0.25, 0.3) is 0 Å². The minimum Gasteiger partial charge on any atom is -0.481 e. The van der Waals surface area contributed by atoms with Crippen LogP contribution in [0.2, 0.25) is 0 Å². The molecule has 0 spiro atoms. The van der Waals surface area contributed by atoms with Crippen molar-refractivity contribution in [1.29, 1.82) is 1.12 Å². The number of hydrogen-bond acceptors (Lipinski definition) is 5. The van der Waals surface area contributed by atoms with Crippen molar-refractivity contribution in [2.24, 2.45) is 0 Å². The summed E-state index contributed by atoms with van der Waals surface area (Å²) in [6, 6.07) is 0. The van der Waals surface area contributed by atoms with Crippen molar-refractivity contribution in [2.75, 3.05) is 7.05 Å². The Morgan fingerprint density at radius 2 is 2.58 bits per heavy atom. The normalized spacial score (nSPS) is 13.2. The molecule has 0 rings (SSSR count). The molecule has 0 aromatic carbocycles. The van der Waals surface area contributed by atoms with Crippen molar-refractivity contribution in [3.63, 3.8) is 0 Å². The summed E-state index contributed by atoms with van der Waals surface area (Å²) in [4.78, 5) is 21.3. The first kappa shape index (κ1) is 9.69. The SMILES string of the molecule is [3H]SOSC(CC(=O)O)C(=O)NC. The van der Waals surface area contributed by atoms with Crippen LogP contribution >= 0.6 is 24.9 Å². The van der Waals surface area contributed by atoms with E-state index in [4.69, 9.17) is 6.23 Å². The van der Waals surface area contributed by atoms with Crippen LogP contribution in [-0.2, 0) is 13.2 Å². The third-order valence-corrected chi connectivity index (χ3v) is 1.98. The molecular weight excluding hydrogens is 202 g/mol. The Bertz CT molecular complexity index is 191. The van der Waals surface area contributed by atoms with Crippen molar-refractivity contribution in [2.45, 2.75) is 11.7 Å². The smallest absolute Gasteiger partial charge is 0.305 e. The highest BCUT2D eigenvalue weighted by atomic mass is 32.2. The largest absolute Gasteiger partial charge is 0.481 e. The lowest BCUT2D eigenvalue weighted by Gasteiger charge is -2.08. The maximum Gasteiger partial charge on any atom is 0.305 e. The van der Waals surface area contributed by atoms with Gasteiger partial charge in [0, 0.05) is 19.1 Å². The van der Waals surface area contributed by atoms with Crippen LogP contribution in [0, 0.1) is 0 Å². The number of carbonyl (C=O) groups excluding carboxylic acids is 1. The van der Waals surface area contributed by atoms with Crippen molar-refractivity contribution in [3.8, 4) is 0 Å². The van der Waals surface area contributed by atoms with Crippen LogP contribution in [-0.4, -0.2) is 30.4 Å². The van der Waals surface area contributed by atoms with Crippen LogP contribution in [0.4, 0.5) is 0 Å². The number of hydrogen-bond donors (Lipinski definition) is 3. The summed E-state index contributed by atoms with van der Waals surface area (Å²) in [6.07, 6.45) is -0.328. The second kappa shape index (κ2) is 6.15. The van der Waals surface area contributed by atoms with E-state index >= 15 is 0 Å². The van der Waals surface area contributed by atoms with Gasteiger partial charge in [-0.05, 0) is 12.8 Å². The van der Waals surface area contributed by atoms with Crippen LogP contribution in [0.5, 0.6) is 0 Å². The van der Waals surface area contributed by atoms with Crippen molar-refractivity contribution in [1.82, 2.24) is 5.32 Å². The molecule has 1 unspecified atom stereocenters. The second-order valence-corrected chi connectivity index (χ2v) is 3.17. The first-order valence-electron chi connectivity index (χ1n) is 3.41. The second-order valence-electron chi connectivity index (χ2n) is 1.87. The van der Waals surface area contributed by atoms with Gasteiger partial charge in [-0.1, -0.05) is 0 Å². The predicted octanol–water partition coefficient (Wildman–Crippen LogP) is 0.0853. The number of thiol groups is 1. The first-order valence-corrected chi connectivity index (χ1v) is 4.14. The highest BCUT2D eigenvalue weighted by Crippen LogP contribution is 2.17. The Morgan fingerprint density at radius 3 is 3.00 bits per heavy atom. The number of nitrogens with one attached hydrogen (secondary N) is 1. The van der Waals surface area contributed by atoms with Crippen molar-refractivity contribution in [3.05, 3.63) is 0 Å². The summed E-state index contributed by atoms with van der Waals surface area (Å²) < 4.78 is 11.1. The number of carboxylic acids is 1. The van der Waals surface area contributed by atoms with E-state index in [1.165, 1.54) is 7.05 Å². The molecule has 0 bridgehead atoms. The minimum absolute atomic E-state index is 0.325. The average molecular weight is 213 g/mol. The maximum absolute atomic E-state index is 11.0. The molecule has 0 saturated heterocycles.